The molecule has 0 saturated carbocycles. The summed E-state index contributed by atoms with van der Waals surface area (Å²) in [6.45, 7) is 4.07. The predicted molar refractivity (Wildman–Crippen MR) is 60.1 cm³/mol. The first-order valence-electron chi connectivity index (χ1n) is 5.13. The maximum absolute atomic E-state index is 8.41. The zero-order valence-corrected chi connectivity index (χ0v) is 9.02. The van der Waals surface area contributed by atoms with E-state index in [0.29, 0.717) is 0 Å². The molecule has 0 saturated heterocycles. The lowest BCUT2D eigenvalue weighted by Gasteiger charge is -2.02. The molecule has 0 aliphatic rings. The molecule has 0 bridgehead atoms. The lowest BCUT2D eigenvalue weighted by molar-refractivity contribution is -0.266. The first-order valence-corrected chi connectivity index (χ1v) is 5.13. The van der Waals surface area contributed by atoms with Crippen molar-refractivity contribution in [2.45, 2.75) is 39.2 Å². The normalized spacial score (nSPS) is 14.8. The Labute approximate surface area is 86.5 Å². The number of allylic oxidation sites excluding steroid dienone is 5. The molecule has 0 aromatic heterocycles. The summed E-state index contributed by atoms with van der Waals surface area (Å²) in [5.41, 5.74) is 0. The van der Waals surface area contributed by atoms with Crippen molar-refractivity contribution >= 4 is 0 Å². The molecule has 0 aliphatic carbocycles. The van der Waals surface area contributed by atoms with Crippen molar-refractivity contribution in [2.75, 3.05) is 0 Å². The Bertz CT molecular complexity index is 188. The molecule has 0 fully saturated rings. The van der Waals surface area contributed by atoms with E-state index in [0.717, 1.165) is 19.3 Å². The second-order valence-corrected chi connectivity index (χ2v) is 2.98. The van der Waals surface area contributed by atoms with E-state index in [4.69, 9.17) is 5.26 Å². The maximum Gasteiger partial charge on any atom is 0.111 e. The lowest BCUT2D eigenvalue weighted by atomic mass is 10.2. The lowest BCUT2D eigenvalue weighted by Crippen LogP contribution is -2.03. The highest BCUT2D eigenvalue weighted by Gasteiger charge is 1.96. The molecule has 1 unspecified atom stereocenters. The van der Waals surface area contributed by atoms with Crippen molar-refractivity contribution in [2.24, 2.45) is 0 Å². The van der Waals surface area contributed by atoms with Crippen LogP contribution in [0.15, 0.2) is 36.5 Å². The number of hydrogen-bond donors (Lipinski definition) is 1. The monoisotopic (exact) mass is 196 g/mol. The third kappa shape index (κ3) is 7.77. The van der Waals surface area contributed by atoms with Gasteiger partial charge in [0.2, 0.25) is 0 Å². The molecule has 14 heavy (non-hydrogen) atoms. The van der Waals surface area contributed by atoms with Gasteiger partial charge < -0.3 is 0 Å². The minimum absolute atomic E-state index is 0.189. The van der Waals surface area contributed by atoms with Gasteiger partial charge in [-0.3, -0.25) is 5.26 Å². The van der Waals surface area contributed by atoms with Gasteiger partial charge in [-0.25, -0.2) is 4.89 Å². The van der Waals surface area contributed by atoms with Crippen LogP contribution in [0.3, 0.4) is 0 Å². The summed E-state index contributed by atoms with van der Waals surface area (Å²) in [5.74, 6) is 0. The fourth-order valence-corrected chi connectivity index (χ4v) is 0.932. The molecule has 0 heterocycles. The number of hydrogen-bond acceptors (Lipinski definition) is 2. The van der Waals surface area contributed by atoms with Crippen molar-refractivity contribution in [3.05, 3.63) is 36.5 Å². The van der Waals surface area contributed by atoms with Crippen LogP contribution >= 0.6 is 0 Å². The van der Waals surface area contributed by atoms with Gasteiger partial charge in [0, 0.05) is 0 Å². The molecule has 2 heteroatoms. The molecule has 1 atom stereocenters. The van der Waals surface area contributed by atoms with E-state index in [9.17, 15) is 0 Å². The van der Waals surface area contributed by atoms with E-state index in [1.165, 1.54) is 0 Å². The zero-order chi connectivity index (χ0) is 10.6. The largest absolute Gasteiger partial charge is 0.251 e. The van der Waals surface area contributed by atoms with E-state index >= 15 is 0 Å². The van der Waals surface area contributed by atoms with Gasteiger partial charge >= 0.3 is 0 Å². The fraction of sp³-hybridized carbons (Fsp3) is 0.500. The third-order valence-corrected chi connectivity index (χ3v) is 1.79. The van der Waals surface area contributed by atoms with Crippen molar-refractivity contribution < 1.29 is 10.1 Å². The van der Waals surface area contributed by atoms with Crippen molar-refractivity contribution in [3.63, 3.8) is 0 Å². The predicted octanol–water partition coefficient (Wildman–Crippen LogP) is 3.72. The molecule has 1 N–H and O–H groups in total. The quantitative estimate of drug-likeness (QED) is 0.291. The Kier molecular flexibility index (Phi) is 9.59. The average Bonchev–Trinajstić information content (AvgIpc) is 2.22. The van der Waals surface area contributed by atoms with Crippen LogP contribution in [0.1, 0.15) is 33.1 Å². The molecule has 80 valence electrons. The molecule has 0 radical (unpaired) electrons. The van der Waals surface area contributed by atoms with Crippen molar-refractivity contribution in [3.8, 4) is 0 Å². The Hall–Kier alpha value is -0.860. The Morgan fingerprint density at radius 1 is 1.14 bits per heavy atom. The first kappa shape index (κ1) is 13.1. The smallest absolute Gasteiger partial charge is 0.111 e. The minimum atomic E-state index is -0.189. The van der Waals surface area contributed by atoms with Gasteiger partial charge in [-0.05, 0) is 19.3 Å². The molecule has 0 amide bonds. The zero-order valence-electron chi connectivity index (χ0n) is 9.02. The van der Waals surface area contributed by atoms with E-state index in [1.807, 2.05) is 25.2 Å². The summed E-state index contributed by atoms with van der Waals surface area (Å²) in [7, 11) is 0. The van der Waals surface area contributed by atoms with Crippen LogP contribution in [-0.4, -0.2) is 11.4 Å². The van der Waals surface area contributed by atoms with Crippen LogP contribution in [0.2, 0.25) is 0 Å². The molecule has 0 rings (SSSR count). The highest BCUT2D eigenvalue weighted by molar-refractivity contribution is 5.06. The summed E-state index contributed by atoms with van der Waals surface area (Å²) in [5, 5.41) is 8.41. The van der Waals surface area contributed by atoms with Gasteiger partial charge in [-0.2, -0.15) is 0 Å². The summed E-state index contributed by atoms with van der Waals surface area (Å²) >= 11 is 0. The molecule has 0 aromatic carbocycles. The second kappa shape index (κ2) is 10.2. The topological polar surface area (TPSA) is 29.5 Å². The molecule has 0 spiro atoms. The molecular formula is C12H20O2. The molecular weight excluding hydrogens is 176 g/mol. The molecule has 0 aliphatic heterocycles. The average molecular weight is 196 g/mol. The van der Waals surface area contributed by atoms with Crippen LogP contribution in [0.5, 0.6) is 0 Å². The summed E-state index contributed by atoms with van der Waals surface area (Å²) in [4.78, 5) is 4.21. The van der Waals surface area contributed by atoms with Gasteiger partial charge in [0.1, 0.15) is 6.10 Å². The summed E-state index contributed by atoms with van der Waals surface area (Å²) < 4.78 is 0. The van der Waals surface area contributed by atoms with Crippen LogP contribution < -0.4 is 0 Å². The van der Waals surface area contributed by atoms with Gasteiger partial charge in [-0.15, -0.1) is 0 Å². The number of rotatable bonds is 7. The van der Waals surface area contributed by atoms with E-state index in [1.54, 1.807) is 0 Å². The van der Waals surface area contributed by atoms with Crippen LogP contribution in [0, 0.1) is 0 Å². The van der Waals surface area contributed by atoms with Crippen LogP contribution in [0.25, 0.3) is 0 Å². The van der Waals surface area contributed by atoms with E-state index in [2.05, 4.69) is 30.0 Å². The van der Waals surface area contributed by atoms with E-state index in [-0.39, 0.29) is 6.10 Å². The Balaban J connectivity index is 3.63. The third-order valence-electron chi connectivity index (χ3n) is 1.79. The Morgan fingerprint density at radius 2 is 1.93 bits per heavy atom. The summed E-state index contributed by atoms with van der Waals surface area (Å²) in [6.07, 6.45) is 14.6. The minimum Gasteiger partial charge on any atom is -0.251 e. The molecule has 2 nitrogen and oxygen atoms in total. The van der Waals surface area contributed by atoms with E-state index < -0.39 is 0 Å². The first-order chi connectivity index (χ1) is 6.85. The van der Waals surface area contributed by atoms with Gasteiger partial charge in [0.25, 0.3) is 0 Å². The van der Waals surface area contributed by atoms with Gasteiger partial charge in [0.05, 0.1) is 0 Å². The molecule has 0 aromatic rings. The van der Waals surface area contributed by atoms with Crippen molar-refractivity contribution in [1.82, 2.24) is 0 Å². The summed E-state index contributed by atoms with van der Waals surface area (Å²) in [6, 6.07) is 0. The highest BCUT2D eigenvalue weighted by Crippen LogP contribution is 1.97. The van der Waals surface area contributed by atoms with Gasteiger partial charge in [-0.1, -0.05) is 50.3 Å². The highest BCUT2D eigenvalue weighted by atomic mass is 17.1. The van der Waals surface area contributed by atoms with Gasteiger partial charge in [0.15, 0.2) is 0 Å². The second-order valence-electron chi connectivity index (χ2n) is 2.98. The Morgan fingerprint density at radius 3 is 2.50 bits per heavy atom. The van der Waals surface area contributed by atoms with Crippen molar-refractivity contribution in [1.29, 1.82) is 0 Å². The fourth-order valence-electron chi connectivity index (χ4n) is 0.932. The SMILES string of the molecule is CCC=CCC=CC=CC(CC)OO. The standard InChI is InChI=1S/C12H20O2/c1-3-5-6-7-8-9-10-11-12(4-2)14-13/h5-6,8-13H,3-4,7H2,1-2H3. The van der Waals surface area contributed by atoms with Crippen LogP contribution in [-0.2, 0) is 4.89 Å². The van der Waals surface area contributed by atoms with Crippen LogP contribution in [0.4, 0.5) is 0 Å². The maximum atomic E-state index is 8.41.